The highest BCUT2D eigenvalue weighted by Gasteiger charge is 2.41. The molecule has 7 heteroatoms. The van der Waals surface area contributed by atoms with E-state index in [-0.39, 0.29) is 5.78 Å². The number of carbonyl (C=O) groups excluding carboxylic acids is 1. The van der Waals surface area contributed by atoms with Crippen LogP contribution in [0.25, 0.3) is 0 Å². The Kier molecular flexibility index (Phi) is 7.50. The van der Waals surface area contributed by atoms with E-state index in [1.807, 2.05) is 132 Å². The fourth-order valence-corrected chi connectivity index (χ4v) is 4.68. The predicted octanol–water partition coefficient (Wildman–Crippen LogP) is 6.27. The third-order valence-corrected chi connectivity index (χ3v) is 6.62. The van der Waals surface area contributed by atoms with Gasteiger partial charge in [-0.2, -0.15) is 0 Å². The summed E-state index contributed by atoms with van der Waals surface area (Å²) in [4.78, 5) is 17.0. The third kappa shape index (κ3) is 5.29. The van der Waals surface area contributed by atoms with E-state index in [9.17, 15) is 4.79 Å². The molecule has 0 spiro atoms. The average molecular weight is 521 g/mol. The van der Waals surface area contributed by atoms with Crippen LogP contribution < -0.4 is 24.3 Å². The molecule has 0 bridgehead atoms. The summed E-state index contributed by atoms with van der Waals surface area (Å²) in [6.45, 7) is 1.91. The van der Waals surface area contributed by atoms with Gasteiger partial charge in [0.1, 0.15) is 6.61 Å². The molecule has 1 aliphatic rings. The van der Waals surface area contributed by atoms with Crippen molar-refractivity contribution in [2.75, 3.05) is 36.0 Å². The largest absolute Gasteiger partial charge is 0.493 e. The normalized spacial score (nSPS) is 14.7. The summed E-state index contributed by atoms with van der Waals surface area (Å²) in [7, 11) is 5.63. The van der Waals surface area contributed by atoms with Crippen LogP contribution in [0, 0.1) is 0 Å². The number of hydrogen-bond donors (Lipinski definition) is 0. The molecule has 4 aromatic rings. The molecule has 1 atom stereocenters. The maximum absolute atomic E-state index is 13.0. The number of amidine groups is 1. The van der Waals surface area contributed by atoms with E-state index >= 15 is 0 Å². The van der Waals surface area contributed by atoms with Gasteiger partial charge in [0, 0.05) is 38.0 Å². The van der Waals surface area contributed by atoms with Crippen LogP contribution >= 0.6 is 0 Å². The Balaban J connectivity index is 1.66. The van der Waals surface area contributed by atoms with Gasteiger partial charge in [-0.15, -0.1) is 5.10 Å². The van der Waals surface area contributed by atoms with E-state index in [0.29, 0.717) is 23.9 Å². The molecule has 0 fully saturated rings. The lowest BCUT2D eigenvalue weighted by Gasteiger charge is -2.33. The Bertz CT molecular complexity index is 1450. The highest BCUT2D eigenvalue weighted by atomic mass is 16.5. The van der Waals surface area contributed by atoms with E-state index in [0.717, 1.165) is 28.2 Å². The lowest BCUT2D eigenvalue weighted by atomic mass is 10.1. The van der Waals surface area contributed by atoms with Crippen LogP contribution in [0.3, 0.4) is 0 Å². The van der Waals surface area contributed by atoms with Gasteiger partial charge in [-0.05, 0) is 48.0 Å². The minimum Gasteiger partial charge on any atom is -0.493 e. The Morgan fingerprint density at radius 1 is 0.846 bits per heavy atom. The zero-order valence-corrected chi connectivity index (χ0v) is 22.6. The first kappa shape index (κ1) is 25.9. The molecule has 0 saturated carbocycles. The Morgan fingerprint density at radius 3 is 2.13 bits per heavy atom. The zero-order valence-electron chi connectivity index (χ0n) is 22.6. The number of hydrazone groups is 1. The van der Waals surface area contributed by atoms with Gasteiger partial charge in [-0.1, -0.05) is 60.7 Å². The first-order chi connectivity index (χ1) is 19.0. The van der Waals surface area contributed by atoms with Crippen LogP contribution in [0.1, 0.15) is 24.2 Å². The first-order valence-electron chi connectivity index (χ1n) is 12.8. The van der Waals surface area contributed by atoms with Crippen molar-refractivity contribution in [3.63, 3.8) is 0 Å². The van der Waals surface area contributed by atoms with E-state index < -0.39 is 6.17 Å². The van der Waals surface area contributed by atoms with E-state index in [1.165, 1.54) is 0 Å². The van der Waals surface area contributed by atoms with Crippen molar-refractivity contribution in [1.82, 2.24) is 0 Å². The van der Waals surface area contributed by atoms with Gasteiger partial charge in [0.2, 0.25) is 0 Å². The van der Waals surface area contributed by atoms with Crippen LogP contribution in [0.5, 0.6) is 11.5 Å². The molecule has 1 unspecified atom stereocenters. The second-order valence-electron chi connectivity index (χ2n) is 9.47. The summed E-state index contributed by atoms with van der Waals surface area (Å²) in [5, 5.41) is 6.74. The molecule has 1 heterocycles. The molecule has 0 radical (unpaired) electrons. The van der Waals surface area contributed by atoms with E-state index in [1.54, 1.807) is 14.0 Å². The number of para-hydroxylation sites is 2. The van der Waals surface area contributed by atoms with Crippen molar-refractivity contribution >= 4 is 28.7 Å². The second-order valence-corrected chi connectivity index (χ2v) is 9.47. The van der Waals surface area contributed by atoms with Crippen molar-refractivity contribution in [2.45, 2.75) is 19.7 Å². The standard InChI is InChI=1S/C32H32N4O3/c1-23(37)31-33-36(27-14-9-6-10-15-27)32(35(31)26-20-18-25(19-21-26)34(2)3)28-16-11-17-29(38-4)30(28)39-22-24-12-7-5-8-13-24/h5-21,32H,22H2,1-4H3. The minimum atomic E-state index is -0.502. The lowest BCUT2D eigenvalue weighted by molar-refractivity contribution is -0.111. The topological polar surface area (TPSA) is 57.6 Å². The Labute approximate surface area is 229 Å². The molecular formula is C32H32N4O3. The molecule has 4 aromatic carbocycles. The van der Waals surface area contributed by atoms with Gasteiger partial charge in [-0.3, -0.25) is 9.69 Å². The van der Waals surface area contributed by atoms with E-state index in [4.69, 9.17) is 14.6 Å². The summed E-state index contributed by atoms with van der Waals surface area (Å²) >= 11 is 0. The number of Topliss-reactive ketones (excluding diaryl/α,β-unsaturated/α-hetero) is 1. The number of hydrogen-bond acceptors (Lipinski definition) is 7. The minimum absolute atomic E-state index is 0.134. The van der Waals surface area contributed by atoms with Crippen LogP contribution in [0.4, 0.5) is 17.1 Å². The van der Waals surface area contributed by atoms with Gasteiger partial charge in [-0.25, -0.2) is 5.01 Å². The number of rotatable bonds is 9. The summed E-state index contributed by atoms with van der Waals surface area (Å²) in [6, 6.07) is 33.8. The summed E-state index contributed by atoms with van der Waals surface area (Å²) in [5.74, 6) is 1.42. The molecule has 0 N–H and O–H groups in total. The number of benzene rings is 4. The van der Waals surface area contributed by atoms with Crippen molar-refractivity contribution < 1.29 is 14.3 Å². The maximum atomic E-state index is 13.0. The summed E-state index contributed by atoms with van der Waals surface area (Å²) < 4.78 is 12.2. The second kappa shape index (κ2) is 11.3. The highest BCUT2D eigenvalue weighted by Crippen LogP contribution is 2.45. The molecule has 7 nitrogen and oxygen atoms in total. The fraction of sp³-hybridized carbons (Fsp3) is 0.188. The van der Waals surface area contributed by atoms with E-state index in [2.05, 4.69) is 0 Å². The highest BCUT2D eigenvalue weighted by molar-refractivity contribution is 6.44. The van der Waals surface area contributed by atoms with Crippen LogP contribution in [-0.2, 0) is 11.4 Å². The number of nitrogens with zero attached hydrogens (tertiary/aromatic N) is 4. The monoisotopic (exact) mass is 520 g/mol. The van der Waals surface area contributed by atoms with Crippen LogP contribution in [0.15, 0.2) is 108 Å². The lowest BCUT2D eigenvalue weighted by Crippen LogP contribution is -2.38. The predicted molar refractivity (Wildman–Crippen MR) is 157 cm³/mol. The molecule has 0 saturated heterocycles. The molecule has 0 amide bonds. The fourth-order valence-electron chi connectivity index (χ4n) is 4.68. The van der Waals surface area contributed by atoms with Crippen molar-refractivity contribution in [3.8, 4) is 11.5 Å². The van der Waals surface area contributed by atoms with Gasteiger partial charge >= 0.3 is 0 Å². The first-order valence-corrected chi connectivity index (χ1v) is 12.8. The maximum Gasteiger partial charge on any atom is 0.198 e. The Hall–Kier alpha value is -4.78. The third-order valence-electron chi connectivity index (χ3n) is 6.62. The molecule has 39 heavy (non-hydrogen) atoms. The molecular weight excluding hydrogens is 488 g/mol. The van der Waals surface area contributed by atoms with Gasteiger partial charge in [0.05, 0.1) is 12.8 Å². The molecule has 5 rings (SSSR count). The van der Waals surface area contributed by atoms with Gasteiger partial charge in [0.15, 0.2) is 29.3 Å². The van der Waals surface area contributed by atoms with Gasteiger partial charge < -0.3 is 14.4 Å². The van der Waals surface area contributed by atoms with Crippen molar-refractivity contribution in [2.24, 2.45) is 5.10 Å². The number of ether oxygens (including phenoxy) is 2. The van der Waals surface area contributed by atoms with Gasteiger partial charge in [0.25, 0.3) is 0 Å². The number of methoxy groups -OCH3 is 1. The summed E-state index contributed by atoms with van der Waals surface area (Å²) in [5.41, 5.74) is 4.62. The van der Waals surface area contributed by atoms with Crippen LogP contribution in [-0.4, -0.2) is 32.8 Å². The number of anilines is 3. The molecule has 0 aromatic heterocycles. The number of carbonyl (C=O) groups is 1. The van der Waals surface area contributed by atoms with Crippen molar-refractivity contribution in [3.05, 3.63) is 114 Å². The zero-order chi connectivity index (χ0) is 27.4. The molecule has 1 aliphatic heterocycles. The van der Waals surface area contributed by atoms with Crippen LogP contribution in [0.2, 0.25) is 0 Å². The quantitative estimate of drug-likeness (QED) is 0.259. The Morgan fingerprint density at radius 2 is 1.51 bits per heavy atom. The summed E-state index contributed by atoms with van der Waals surface area (Å²) in [6.07, 6.45) is -0.502. The molecule has 0 aliphatic carbocycles. The number of ketones is 1. The molecule has 198 valence electrons. The smallest absolute Gasteiger partial charge is 0.198 e. The SMILES string of the molecule is COc1cccc(C2N(c3ccccc3)N=C(C(C)=O)N2c2ccc(N(C)C)cc2)c1OCc1ccccc1. The average Bonchev–Trinajstić information content (AvgIpc) is 3.38. The van der Waals surface area contributed by atoms with Crippen molar-refractivity contribution in [1.29, 1.82) is 0 Å².